The minimum absolute atomic E-state index is 0.260. The predicted molar refractivity (Wildman–Crippen MR) is 49.9 cm³/mol. The van der Waals surface area contributed by atoms with Gasteiger partial charge < -0.3 is 9.72 Å². The number of nitrogens with one attached hydrogen (secondary N) is 1. The van der Waals surface area contributed by atoms with Crippen molar-refractivity contribution < 1.29 is 4.74 Å². The van der Waals surface area contributed by atoms with Gasteiger partial charge in [0.25, 0.3) is 0 Å². The summed E-state index contributed by atoms with van der Waals surface area (Å²) in [6.45, 7) is 8.03. The van der Waals surface area contributed by atoms with Gasteiger partial charge in [-0.2, -0.15) is 0 Å². The number of aromatic nitrogens is 1. The third kappa shape index (κ3) is 3.58. The molecule has 0 amide bonds. The summed E-state index contributed by atoms with van der Waals surface area (Å²) in [4.78, 5) is 3.00. The van der Waals surface area contributed by atoms with Crippen molar-refractivity contribution in [3.05, 3.63) is 24.0 Å². The Kier molecular flexibility index (Phi) is 2.93. The van der Waals surface area contributed by atoms with E-state index in [4.69, 9.17) is 4.74 Å². The van der Waals surface area contributed by atoms with Crippen LogP contribution >= 0.6 is 0 Å². The molecule has 0 atom stereocenters. The molecule has 0 spiro atoms. The van der Waals surface area contributed by atoms with Crippen LogP contribution in [0.3, 0.4) is 0 Å². The van der Waals surface area contributed by atoms with E-state index < -0.39 is 0 Å². The van der Waals surface area contributed by atoms with Gasteiger partial charge >= 0.3 is 0 Å². The Morgan fingerprint density at radius 1 is 1.42 bits per heavy atom. The first kappa shape index (κ1) is 9.33. The molecule has 12 heavy (non-hydrogen) atoms. The predicted octanol–water partition coefficient (Wildman–Crippen LogP) is 2.58. The van der Waals surface area contributed by atoms with Gasteiger partial charge in [-0.3, -0.25) is 0 Å². The van der Waals surface area contributed by atoms with Crippen molar-refractivity contribution in [3.8, 4) is 0 Å². The van der Waals surface area contributed by atoms with Crippen LogP contribution in [0.2, 0.25) is 0 Å². The number of rotatable bonds is 3. The van der Waals surface area contributed by atoms with E-state index in [2.05, 4.69) is 25.8 Å². The van der Waals surface area contributed by atoms with Gasteiger partial charge in [-0.05, 0) is 17.0 Å². The van der Waals surface area contributed by atoms with E-state index in [9.17, 15) is 0 Å². The SMILES string of the molecule is CC(C)(C)COCc1cc[nH]c1. The molecule has 0 bridgehead atoms. The van der Waals surface area contributed by atoms with Crippen LogP contribution in [0.25, 0.3) is 0 Å². The molecular weight excluding hydrogens is 150 g/mol. The molecule has 2 heteroatoms. The van der Waals surface area contributed by atoms with Gasteiger partial charge in [-0.15, -0.1) is 0 Å². The molecule has 0 saturated carbocycles. The minimum Gasteiger partial charge on any atom is -0.376 e. The Balaban J connectivity index is 2.20. The lowest BCUT2D eigenvalue weighted by atomic mass is 9.99. The molecule has 0 aliphatic heterocycles. The summed E-state index contributed by atoms with van der Waals surface area (Å²) in [6, 6.07) is 2.03. The second-order valence-corrected chi connectivity index (χ2v) is 4.27. The zero-order chi connectivity index (χ0) is 9.03. The zero-order valence-corrected chi connectivity index (χ0v) is 8.05. The van der Waals surface area contributed by atoms with Crippen LogP contribution in [0, 0.1) is 5.41 Å². The first-order valence-corrected chi connectivity index (χ1v) is 4.27. The molecule has 0 aliphatic carbocycles. The Hall–Kier alpha value is -0.760. The van der Waals surface area contributed by atoms with E-state index in [0.717, 1.165) is 6.61 Å². The quantitative estimate of drug-likeness (QED) is 0.735. The lowest BCUT2D eigenvalue weighted by Crippen LogP contribution is -2.14. The lowest BCUT2D eigenvalue weighted by Gasteiger charge is -2.17. The van der Waals surface area contributed by atoms with E-state index in [1.54, 1.807) is 0 Å². The molecule has 0 unspecified atom stereocenters. The summed E-state index contributed by atoms with van der Waals surface area (Å²) in [5, 5.41) is 0. The second kappa shape index (κ2) is 3.76. The molecule has 0 radical (unpaired) electrons. The van der Waals surface area contributed by atoms with Crippen LogP contribution in [0.4, 0.5) is 0 Å². The van der Waals surface area contributed by atoms with E-state index in [-0.39, 0.29) is 5.41 Å². The normalized spacial score (nSPS) is 11.9. The largest absolute Gasteiger partial charge is 0.376 e. The lowest BCUT2D eigenvalue weighted by molar-refractivity contribution is 0.0599. The van der Waals surface area contributed by atoms with Crippen LogP contribution < -0.4 is 0 Å². The van der Waals surface area contributed by atoms with Gasteiger partial charge in [-0.25, -0.2) is 0 Å². The second-order valence-electron chi connectivity index (χ2n) is 4.27. The summed E-state index contributed by atoms with van der Waals surface area (Å²) < 4.78 is 5.52. The van der Waals surface area contributed by atoms with Crippen molar-refractivity contribution in [3.63, 3.8) is 0 Å². The van der Waals surface area contributed by atoms with E-state index in [1.165, 1.54) is 5.56 Å². The molecular formula is C10H17NO. The van der Waals surface area contributed by atoms with E-state index in [1.807, 2.05) is 18.5 Å². The molecule has 0 aromatic carbocycles. The zero-order valence-electron chi connectivity index (χ0n) is 8.05. The van der Waals surface area contributed by atoms with Crippen LogP contribution in [-0.4, -0.2) is 11.6 Å². The van der Waals surface area contributed by atoms with Gasteiger partial charge in [0, 0.05) is 12.4 Å². The number of hydrogen-bond donors (Lipinski definition) is 1. The maximum Gasteiger partial charge on any atom is 0.0731 e. The van der Waals surface area contributed by atoms with E-state index >= 15 is 0 Å². The topological polar surface area (TPSA) is 25.0 Å². The van der Waals surface area contributed by atoms with Crippen molar-refractivity contribution >= 4 is 0 Å². The molecule has 68 valence electrons. The van der Waals surface area contributed by atoms with Crippen LogP contribution in [-0.2, 0) is 11.3 Å². The van der Waals surface area contributed by atoms with Crippen molar-refractivity contribution in [2.75, 3.05) is 6.61 Å². The molecule has 1 N–H and O–H groups in total. The Bertz CT molecular complexity index is 208. The highest BCUT2D eigenvalue weighted by atomic mass is 16.5. The van der Waals surface area contributed by atoms with Crippen LogP contribution in [0.1, 0.15) is 26.3 Å². The van der Waals surface area contributed by atoms with Gasteiger partial charge in [-0.1, -0.05) is 20.8 Å². The van der Waals surface area contributed by atoms with Gasteiger partial charge in [0.1, 0.15) is 0 Å². The van der Waals surface area contributed by atoms with Crippen molar-refractivity contribution in [1.82, 2.24) is 4.98 Å². The van der Waals surface area contributed by atoms with Crippen LogP contribution in [0.15, 0.2) is 18.5 Å². The highest BCUT2D eigenvalue weighted by Gasteiger charge is 2.09. The standard InChI is InChI=1S/C10H17NO/c1-10(2,3)8-12-7-9-4-5-11-6-9/h4-6,11H,7-8H2,1-3H3. The fraction of sp³-hybridized carbons (Fsp3) is 0.600. The number of H-pyrrole nitrogens is 1. The Labute approximate surface area is 73.9 Å². The fourth-order valence-corrected chi connectivity index (χ4v) is 0.923. The maximum absolute atomic E-state index is 5.52. The molecule has 0 aliphatic rings. The van der Waals surface area contributed by atoms with Crippen molar-refractivity contribution in [1.29, 1.82) is 0 Å². The number of aromatic amines is 1. The summed E-state index contributed by atoms with van der Waals surface area (Å²) in [5.74, 6) is 0. The summed E-state index contributed by atoms with van der Waals surface area (Å²) >= 11 is 0. The van der Waals surface area contributed by atoms with Crippen LogP contribution in [0.5, 0.6) is 0 Å². The summed E-state index contributed by atoms with van der Waals surface area (Å²) in [6.07, 6.45) is 3.87. The maximum atomic E-state index is 5.52. The minimum atomic E-state index is 0.260. The van der Waals surface area contributed by atoms with Crippen molar-refractivity contribution in [2.24, 2.45) is 5.41 Å². The molecule has 0 saturated heterocycles. The average molecular weight is 167 g/mol. The summed E-state index contributed by atoms with van der Waals surface area (Å²) in [7, 11) is 0. The summed E-state index contributed by atoms with van der Waals surface area (Å²) in [5.41, 5.74) is 1.47. The first-order chi connectivity index (χ1) is 5.58. The van der Waals surface area contributed by atoms with Gasteiger partial charge in [0.15, 0.2) is 0 Å². The molecule has 1 heterocycles. The highest BCUT2D eigenvalue weighted by Crippen LogP contribution is 2.13. The third-order valence-electron chi connectivity index (χ3n) is 1.47. The monoisotopic (exact) mass is 167 g/mol. The van der Waals surface area contributed by atoms with Gasteiger partial charge in [0.05, 0.1) is 13.2 Å². The third-order valence-corrected chi connectivity index (χ3v) is 1.47. The van der Waals surface area contributed by atoms with Crippen molar-refractivity contribution in [2.45, 2.75) is 27.4 Å². The smallest absolute Gasteiger partial charge is 0.0731 e. The molecule has 1 aromatic heterocycles. The molecule has 2 nitrogen and oxygen atoms in total. The number of hydrogen-bond acceptors (Lipinski definition) is 1. The van der Waals surface area contributed by atoms with E-state index in [0.29, 0.717) is 6.61 Å². The molecule has 1 aromatic rings. The molecule has 0 fully saturated rings. The average Bonchev–Trinajstić information content (AvgIpc) is 2.36. The van der Waals surface area contributed by atoms with Gasteiger partial charge in [0.2, 0.25) is 0 Å². The Morgan fingerprint density at radius 2 is 2.17 bits per heavy atom. The Morgan fingerprint density at radius 3 is 2.67 bits per heavy atom. The molecule has 1 rings (SSSR count). The highest BCUT2D eigenvalue weighted by molar-refractivity contribution is 5.06. The fourth-order valence-electron chi connectivity index (χ4n) is 0.923. The first-order valence-electron chi connectivity index (χ1n) is 4.27. The number of ether oxygens (including phenoxy) is 1.